The Balaban J connectivity index is 1.37. The van der Waals surface area contributed by atoms with E-state index >= 15 is 0 Å². The van der Waals surface area contributed by atoms with Gasteiger partial charge in [-0.2, -0.15) is 0 Å². The molecule has 3 heteroatoms. The highest BCUT2D eigenvalue weighted by atomic mass is 19.1. The van der Waals surface area contributed by atoms with Crippen molar-refractivity contribution >= 4 is 5.91 Å². The molecule has 0 spiro atoms. The van der Waals surface area contributed by atoms with Gasteiger partial charge in [0.05, 0.1) is 5.56 Å². The minimum atomic E-state index is -0.321. The molecule has 0 radical (unpaired) electrons. The van der Waals surface area contributed by atoms with Crippen LogP contribution in [0.25, 0.3) is 0 Å². The van der Waals surface area contributed by atoms with Crippen LogP contribution in [0.3, 0.4) is 0 Å². The Kier molecular flexibility index (Phi) is 5.48. The molecule has 1 N–H and O–H groups in total. The smallest absolute Gasteiger partial charge is 0.251 e. The zero-order chi connectivity index (χ0) is 19.4. The van der Waals surface area contributed by atoms with Crippen molar-refractivity contribution in [2.75, 3.05) is 6.54 Å². The highest BCUT2D eigenvalue weighted by Crippen LogP contribution is 2.48. The highest BCUT2D eigenvalue weighted by molar-refractivity contribution is 5.94. The van der Waals surface area contributed by atoms with Gasteiger partial charge in [0.25, 0.3) is 5.91 Å². The summed E-state index contributed by atoms with van der Waals surface area (Å²) in [6.07, 6.45) is 9.08. The number of halogens is 1. The van der Waals surface area contributed by atoms with E-state index in [1.165, 1.54) is 51.0 Å². The first-order chi connectivity index (χ1) is 13.6. The van der Waals surface area contributed by atoms with Crippen molar-refractivity contribution in [3.05, 3.63) is 71.0 Å². The predicted octanol–water partition coefficient (Wildman–Crippen LogP) is 5.32. The van der Waals surface area contributed by atoms with Crippen molar-refractivity contribution in [2.24, 2.45) is 11.3 Å². The molecule has 2 aliphatic carbocycles. The van der Waals surface area contributed by atoms with Crippen molar-refractivity contribution in [1.29, 1.82) is 0 Å². The van der Waals surface area contributed by atoms with E-state index in [0.717, 1.165) is 18.0 Å². The lowest BCUT2D eigenvalue weighted by Gasteiger charge is -2.29. The summed E-state index contributed by atoms with van der Waals surface area (Å²) in [7, 11) is 0. The molecule has 0 aromatic heterocycles. The maximum Gasteiger partial charge on any atom is 0.251 e. The molecule has 0 heterocycles. The number of nitrogens with one attached hydrogen (secondary N) is 1. The fourth-order valence-electron chi connectivity index (χ4n) is 4.29. The lowest BCUT2D eigenvalue weighted by atomic mass is 9.80. The summed E-state index contributed by atoms with van der Waals surface area (Å²) in [6.45, 7) is 0.789. The zero-order valence-electron chi connectivity index (χ0n) is 16.1. The van der Waals surface area contributed by atoms with Crippen molar-refractivity contribution in [1.82, 2.24) is 5.32 Å². The minimum absolute atomic E-state index is 0.0179. The third-order valence-electron chi connectivity index (χ3n) is 6.07. The number of hydrogen-bond donors (Lipinski definition) is 1. The van der Waals surface area contributed by atoms with Gasteiger partial charge >= 0.3 is 0 Å². The highest BCUT2D eigenvalue weighted by Gasteiger charge is 2.39. The number of rotatable bonds is 5. The quantitative estimate of drug-likeness (QED) is 0.705. The SMILES string of the molecule is O=C(NCC1(CC2CC2)CCCC1)c1ccc(C#Cc2ccccc2F)cc1. The summed E-state index contributed by atoms with van der Waals surface area (Å²) in [6, 6.07) is 13.7. The lowest BCUT2D eigenvalue weighted by molar-refractivity contribution is 0.0925. The molecule has 0 unspecified atom stereocenters. The summed E-state index contributed by atoms with van der Waals surface area (Å²) >= 11 is 0. The number of hydrogen-bond acceptors (Lipinski definition) is 1. The van der Waals surface area contributed by atoms with Crippen molar-refractivity contribution < 1.29 is 9.18 Å². The van der Waals surface area contributed by atoms with Gasteiger partial charge in [-0.05, 0) is 67.0 Å². The Morgan fingerprint density at radius 1 is 1.04 bits per heavy atom. The van der Waals surface area contributed by atoms with Gasteiger partial charge < -0.3 is 5.32 Å². The van der Waals surface area contributed by atoms with Gasteiger partial charge in [0, 0.05) is 17.7 Å². The largest absolute Gasteiger partial charge is 0.351 e. The van der Waals surface area contributed by atoms with Crippen LogP contribution in [0.15, 0.2) is 48.5 Å². The molecular weight excluding hydrogens is 349 g/mol. The van der Waals surface area contributed by atoms with Crippen LogP contribution in [-0.4, -0.2) is 12.5 Å². The Morgan fingerprint density at radius 2 is 1.75 bits per heavy atom. The number of carbonyl (C=O) groups excluding carboxylic acids is 1. The molecule has 144 valence electrons. The second-order valence-corrected chi connectivity index (χ2v) is 8.34. The predicted molar refractivity (Wildman–Crippen MR) is 109 cm³/mol. The molecule has 0 aliphatic heterocycles. The van der Waals surface area contributed by atoms with Gasteiger partial charge in [-0.15, -0.1) is 0 Å². The van der Waals surface area contributed by atoms with Gasteiger partial charge in [-0.1, -0.05) is 49.7 Å². The summed E-state index contributed by atoms with van der Waals surface area (Å²) in [5.41, 5.74) is 2.11. The van der Waals surface area contributed by atoms with Crippen LogP contribution in [0, 0.1) is 29.0 Å². The molecule has 0 bridgehead atoms. The van der Waals surface area contributed by atoms with Gasteiger partial charge in [0.15, 0.2) is 0 Å². The molecule has 1 amide bonds. The molecular formula is C25H26FNO. The van der Waals surface area contributed by atoms with Crippen LogP contribution in [0.2, 0.25) is 0 Å². The van der Waals surface area contributed by atoms with Crippen molar-refractivity contribution in [2.45, 2.75) is 44.9 Å². The van der Waals surface area contributed by atoms with Crippen LogP contribution >= 0.6 is 0 Å². The third-order valence-corrected chi connectivity index (χ3v) is 6.07. The molecule has 2 nitrogen and oxygen atoms in total. The summed E-state index contributed by atoms with van der Waals surface area (Å²) in [5, 5.41) is 3.18. The summed E-state index contributed by atoms with van der Waals surface area (Å²) in [4.78, 5) is 12.6. The molecule has 2 aliphatic rings. The van der Waals surface area contributed by atoms with Crippen LogP contribution in [0.5, 0.6) is 0 Å². The maximum atomic E-state index is 13.6. The molecule has 0 saturated heterocycles. The van der Waals surface area contributed by atoms with E-state index in [-0.39, 0.29) is 11.7 Å². The average molecular weight is 375 g/mol. The normalized spacial score (nSPS) is 17.6. The molecule has 2 aromatic rings. The monoisotopic (exact) mass is 375 g/mol. The zero-order valence-corrected chi connectivity index (χ0v) is 16.1. The third kappa shape index (κ3) is 4.62. The number of carbonyl (C=O) groups is 1. The van der Waals surface area contributed by atoms with Gasteiger partial charge in [-0.25, -0.2) is 4.39 Å². The Labute approximate surface area is 166 Å². The Hall–Kier alpha value is -2.60. The second kappa shape index (κ2) is 8.19. The van der Waals surface area contributed by atoms with Crippen LogP contribution < -0.4 is 5.32 Å². The number of amides is 1. The van der Waals surface area contributed by atoms with E-state index < -0.39 is 0 Å². The van der Waals surface area contributed by atoms with E-state index in [1.807, 2.05) is 12.1 Å². The van der Waals surface area contributed by atoms with E-state index in [2.05, 4.69) is 17.2 Å². The topological polar surface area (TPSA) is 29.1 Å². The first-order valence-corrected chi connectivity index (χ1v) is 10.3. The summed E-state index contributed by atoms with van der Waals surface area (Å²) in [5.74, 6) is 6.35. The first kappa shape index (κ1) is 18.7. The van der Waals surface area contributed by atoms with Gasteiger partial charge in [0.2, 0.25) is 0 Å². The second-order valence-electron chi connectivity index (χ2n) is 8.34. The molecule has 2 aromatic carbocycles. The Bertz CT molecular complexity index is 896. The first-order valence-electron chi connectivity index (χ1n) is 10.3. The van der Waals surface area contributed by atoms with Crippen LogP contribution in [0.4, 0.5) is 4.39 Å². The fourth-order valence-corrected chi connectivity index (χ4v) is 4.29. The standard InChI is InChI=1S/C25H26FNO/c26-23-6-2-1-5-21(23)12-9-19-10-13-22(14-11-19)24(28)27-18-25(15-3-4-16-25)17-20-7-8-20/h1-2,5-6,10-11,13-14,20H,3-4,7-8,15-18H2,(H,27,28). The van der Waals surface area contributed by atoms with Crippen molar-refractivity contribution in [3.8, 4) is 11.8 Å². The minimum Gasteiger partial charge on any atom is -0.351 e. The lowest BCUT2D eigenvalue weighted by Crippen LogP contribution is -2.36. The van der Waals surface area contributed by atoms with Gasteiger partial charge in [0.1, 0.15) is 5.82 Å². The van der Waals surface area contributed by atoms with Crippen LogP contribution in [-0.2, 0) is 0 Å². The van der Waals surface area contributed by atoms with E-state index in [4.69, 9.17) is 0 Å². The summed E-state index contributed by atoms with van der Waals surface area (Å²) < 4.78 is 13.6. The maximum absolute atomic E-state index is 13.6. The molecule has 28 heavy (non-hydrogen) atoms. The fraction of sp³-hybridized carbons (Fsp3) is 0.400. The molecule has 4 rings (SSSR count). The molecule has 0 atom stereocenters. The number of benzene rings is 2. The van der Waals surface area contributed by atoms with E-state index in [9.17, 15) is 9.18 Å². The average Bonchev–Trinajstić information content (AvgIpc) is 3.41. The molecule has 2 saturated carbocycles. The van der Waals surface area contributed by atoms with E-state index in [0.29, 0.717) is 16.5 Å². The van der Waals surface area contributed by atoms with Crippen molar-refractivity contribution in [3.63, 3.8) is 0 Å². The van der Waals surface area contributed by atoms with Crippen LogP contribution in [0.1, 0.15) is 66.4 Å². The molecule has 2 fully saturated rings. The Morgan fingerprint density at radius 3 is 2.43 bits per heavy atom. The van der Waals surface area contributed by atoms with Gasteiger partial charge in [-0.3, -0.25) is 4.79 Å². The van der Waals surface area contributed by atoms with E-state index in [1.54, 1.807) is 30.3 Å².